The van der Waals surface area contributed by atoms with E-state index in [1.165, 1.54) is 10.6 Å². The predicted octanol–water partition coefficient (Wildman–Crippen LogP) is 4.14. The Morgan fingerprint density at radius 1 is 1.10 bits per heavy atom. The highest BCUT2D eigenvalue weighted by Crippen LogP contribution is 2.28. The lowest BCUT2D eigenvalue weighted by atomic mass is 10.1. The molecule has 1 amide bonds. The first-order chi connectivity index (χ1) is 14.1. The molecule has 2 aliphatic rings. The molecule has 3 heterocycles. The minimum Gasteiger partial charge on any atom is -0.376 e. The number of benzene rings is 2. The van der Waals surface area contributed by atoms with Gasteiger partial charge in [-0.2, -0.15) is 4.99 Å². The number of aromatic nitrogens is 1. The van der Waals surface area contributed by atoms with E-state index in [9.17, 15) is 4.79 Å². The number of nitrogens with zero attached hydrogens (tertiary/aromatic N) is 3. The maximum Gasteiger partial charge on any atom is 0.282 e. The molecule has 1 aromatic heterocycles. The minimum absolute atomic E-state index is 0.00649. The Balaban J connectivity index is 1.58. The average Bonchev–Trinajstić information content (AvgIpc) is 3.26. The van der Waals surface area contributed by atoms with Gasteiger partial charge in [-0.1, -0.05) is 48.5 Å². The van der Waals surface area contributed by atoms with E-state index in [0.717, 1.165) is 23.0 Å². The standard InChI is InChI=1S/C23H18N4O2/c1-15-11-21-25-23(28)19(22(24)27(21)29-15)12-17-14-26(13-16-7-3-2-4-8-16)20-10-6-5-9-18(17)20/h2-12,14,24H,13H2,1H3/b19-12-,24-22?. The number of rotatable bonds is 3. The van der Waals surface area contributed by atoms with E-state index < -0.39 is 5.91 Å². The number of carbonyl (C=O) groups is 1. The summed E-state index contributed by atoms with van der Waals surface area (Å²) in [4.78, 5) is 22.1. The van der Waals surface area contributed by atoms with E-state index in [-0.39, 0.29) is 11.4 Å². The Morgan fingerprint density at radius 3 is 2.69 bits per heavy atom. The summed E-state index contributed by atoms with van der Waals surface area (Å²) in [5.74, 6) is 0.506. The van der Waals surface area contributed by atoms with Crippen LogP contribution in [-0.4, -0.2) is 27.2 Å². The van der Waals surface area contributed by atoms with Crippen molar-refractivity contribution in [3.8, 4) is 0 Å². The molecular weight excluding hydrogens is 364 g/mol. The van der Waals surface area contributed by atoms with E-state index in [1.807, 2.05) is 42.6 Å². The Hall–Kier alpha value is -3.93. The van der Waals surface area contributed by atoms with Crippen molar-refractivity contribution < 1.29 is 9.63 Å². The molecule has 29 heavy (non-hydrogen) atoms. The number of carbonyl (C=O) groups excluding carboxylic acids is 1. The first kappa shape index (κ1) is 17.2. The van der Waals surface area contributed by atoms with E-state index in [2.05, 4.69) is 27.8 Å². The summed E-state index contributed by atoms with van der Waals surface area (Å²) in [5.41, 5.74) is 3.33. The van der Waals surface area contributed by atoms with Crippen molar-refractivity contribution in [3.05, 3.63) is 89.3 Å². The second-order valence-electron chi connectivity index (χ2n) is 7.04. The van der Waals surface area contributed by atoms with Crippen LogP contribution in [0.15, 0.2) is 83.2 Å². The fourth-order valence-corrected chi connectivity index (χ4v) is 3.66. The molecule has 0 saturated heterocycles. The van der Waals surface area contributed by atoms with Crippen LogP contribution in [0.1, 0.15) is 18.1 Å². The van der Waals surface area contributed by atoms with Gasteiger partial charge in [0.2, 0.25) is 0 Å². The highest BCUT2D eigenvalue weighted by atomic mass is 16.7. The molecule has 2 aromatic carbocycles. The average molecular weight is 382 g/mol. The first-order valence-corrected chi connectivity index (χ1v) is 9.32. The predicted molar refractivity (Wildman–Crippen MR) is 112 cm³/mol. The number of hydrogen-bond donors (Lipinski definition) is 1. The molecule has 0 saturated carbocycles. The third-order valence-corrected chi connectivity index (χ3v) is 5.00. The number of hydrogen-bond acceptors (Lipinski definition) is 3. The lowest BCUT2D eigenvalue weighted by molar-refractivity contribution is -0.114. The fourth-order valence-electron chi connectivity index (χ4n) is 3.66. The molecule has 0 aliphatic carbocycles. The van der Waals surface area contributed by atoms with Crippen molar-refractivity contribution in [2.75, 3.05) is 0 Å². The van der Waals surface area contributed by atoms with Crippen LogP contribution in [0.3, 0.4) is 0 Å². The summed E-state index contributed by atoms with van der Waals surface area (Å²) in [6, 6.07) is 18.3. The Kier molecular flexibility index (Phi) is 3.91. The maximum absolute atomic E-state index is 12.6. The van der Waals surface area contributed by atoms with Gasteiger partial charge in [-0.15, -0.1) is 5.06 Å². The Labute approximate surface area is 167 Å². The van der Waals surface area contributed by atoms with Crippen molar-refractivity contribution in [1.82, 2.24) is 9.63 Å². The molecular formula is C23H18N4O2. The minimum atomic E-state index is -0.435. The fraction of sp³-hybridized carbons (Fsp3) is 0.0870. The van der Waals surface area contributed by atoms with E-state index in [1.54, 1.807) is 19.1 Å². The largest absolute Gasteiger partial charge is 0.376 e. The number of amidine groups is 2. The summed E-state index contributed by atoms with van der Waals surface area (Å²) in [6.45, 7) is 2.48. The number of hydroxylamine groups is 2. The molecule has 0 fully saturated rings. The van der Waals surface area contributed by atoms with Gasteiger partial charge in [0.15, 0.2) is 11.7 Å². The van der Waals surface area contributed by atoms with Gasteiger partial charge in [-0.25, -0.2) is 0 Å². The van der Waals surface area contributed by atoms with Gasteiger partial charge in [0, 0.05) is 35.3 Å². The van der Waals surface area contributed by atoms with Crippen LogP contribution >= 0.6 is 0 Å². The number of allylic oxidation sites excluding steroid dienone is 1. The maximum atomic E-state index is 12.6. The Bertz CT molecular complexity index is 1250. The number of fused-ring (bicyclic) bond motifs is 2. The molecule has 0 unspecified atom stereocenters. The summed E-state index contributed by atoms with van der Waals surface area (Å²) >= 11 is 0. The zero-order valence-corrected chi connectivity index (χ0v) is 15.8. The highest BCUT2D eigenvalue weighted by Gasteiger charge is 2.34. The van der Waals surface area contributed by atoms with Crippen molar-refractivity contribution in [2.45, 2.75) is 13.5 Å². The van der Waals surface area contributed by atoms with Gasteiger partial charge in [-0.05, 0) is 24.6 Å². The lowest BCUT2D eigenvalue weighted by Gasteiger charge is -2.22. The van der Waals surface area contributed by atoms with E-state index in [0.29, 0.717) is 11.6 Å². The van der Waals surface area contributed by atoms with Crippen molar-refractivity contribution in [1.29, 1.82) is 5.41 Å². The molecule has 2 aliphatic heterocycles. The zero-order chi connectivity index (χ0) is 20.0. The van der Waals surface area contributed by atoms with Gasteiger partial charge < -0.3 is 9.40 Å². The molecule has 0 spiro atoms. The molecule has 0 bridgehead atoms. The number of aliphatic imine (C=N–C) groups is 1. The topological polar surface area (TPSA) is 70.7 Å². The van der Waals surface area contributed by atoms with Gasteiger partial charge in [0.25, 0.3) is 5.91 Å². The van der Waals surface area contributed by atoms with Crippen LogP contribution in [0, 0.1) is 5.41 Å². The molecule has 0 radical (unpaired) electrons. The first-order valence-electron chi connectivity index (χ1n) is 9.32. The van der Waals surface area contributed by atoms with Gasteiger partial charge in [0.1, 0.15) is 5.76 Å². The monoisotopic (exact) mass is 382 g/mol. The number of nitrogens with one attached hydrogen (secondary N) is 1. The third-order valence-electron chi connectivity index (χ3n) is 5.00. The van der Waals surface area contributed by atoms with Crippen molar-refractivity contribution in [2.24, 2.45) is 4.99 Å². The second kappa shape index (κ2) is 6.60. The van der Waals surface area contributed by atoms with Crippen LogP contribution in [0.5, 0.6) is 0 Å². The molecule has 3 aromatic rings. The van der Waals surface area contributed by atoms with E-state index >= 15 is 0 Å². The van der Waals surface area contributed by atoms with Crippen LogP contribution in [0.4, 0.5) is 0 Å². The zero-order valence-electron chi connectivity index (χ0n) is 15.8. The lowest BCUT2D eigenvalue weighted by Crippen LogP contribution is -2.38. The second-order valence-corrected chi connectivity index (χ2v) is 7.04. The van der Waals surface area contributed by atoms with Gasteiger partial charge in [-0.3, -0.25) is 10.2 Å². The van der Waals surface area contributed by atoms with Crippen molar-refractivity contribution in [3.63, 3.8) is 0 Å². The third kappa shape index (κ3) is 2.95. The highest BCUT2D eigenvalue weighted by molar-refractivity contribution is 6.32. The molecule has 142 valence electrons. The van der Waals surface area contributed by atoms with Gasteiger partial charge in [0.05, 0.1) is 5.57 Å². The summed E-state index contributed by atoms with van der Waals surface area (Å²) in [7, 11) is 0. The van der Waals surface area contributed by atoms with Gasteiger partial charge >= 0.3 is 0 Å². The summed E-state index contributed by atoms with van der Waals surface area (Å²) in [6.07, 6.45) is 5.39. The molecule has 6 heteroatoms. The molecule has 1 N–H and O–H groups in total. The quantitative estimate of drug-likeness (QED) is 0.692. The number of amides is 1. The summed E-state index contributed by atoms with van der Waals surface area (Å²) in [5, 5.41) is 10.7. The summed E-state index contributed by atoms with van der Waals surface area (Å²) < 4.78 is 2.15. The molecule has 5 rings (SSSR count). The number of para-hydroxylation sites is 1. The van der Waals surface area contributed by atoms with Crippen LogP contribution in [0.25, 0.3) is 17.0 Å². The molecule has 6 nitrogen and oxygen atoms in total. The van der Waals surface area contributed by atoms with Crippen LogP contribution in [0.2, 0.25) is 0 Å². The smallest absolute Gasteiger partial charge is 0.282 e. The van der Waals surface area contributed by atoms with E-state index in [4.69, 9.17) is 10.2 Å². The molecule has 0 atom stereocenters. The van der Waals surface area contributed by atoms with Crippen LogP contribution < -0.4 is 0 Å². The normalized spacial score (nSPS) is 17.4. The Morgan fingerprint density at radius 2 is 1.86 bits per heavy atom. The van der Waals surface area contributed by atoms with Crippen molar-refractivity contribution >= 4 is 34.6 Å². The van der Waals surface area contributed by atoms with Crippen LogP contribution in [-0.2, 0) is 16.2 Å². The SMILES string of the molecule is CC1=CC2=NC(=O)/C(=C\c3cn(Cc4ccccc4)c4ccccc34)C(=N)N2O1.